The van der Waals surface area contributed by atoms with E-state index in [1.165, 1.54) is 6.92 Å². The highest BCUT2D eigenvalue weighted by molar-refractivity contribution is 5.83. The summed E-state index contributed by atoms with van der Waals surface area (Å²) in [7, 11) is 3.27. The fourth-order valence-corrected chi connectivity index (χ4v) is 3.73. The number of aromatic nitrogens is 1. The first-order valence-corrected chi connectivity index (χ1v) is 8.73. The summed E-state index contributed by atoms with van der Waals surface area (Å²) in [5, 5.41) is 0.837. The van der Waals surface area contributed by atoms with Crippen LogP contribution in [-0.2, 0) is 26.3 Å². The van der Waals surface area contributed by atoms with Crippen molar-refractivity contribution in [1.29, 1.82) is 0 Å². The average molecular weight is 359 g/mol. The van der Waals surface area contributed by atoms with E-state index in [9.17, 15) is 4.79 Å². The molecule has 0 aromatic carbocycles. The molecule has 1 aliphatic carbocycles. The number of allylic oxidation sites excluding steroid dienone is 1. The molecule has 0 N–H and O–H groups in total. The van der Waals surface area contributed by atoms with E-state index >= 15 is 0 Å². The molecular weight excluding hydrogens is 334 g/mol. The summed E-state index contributed by atoms with van der Waals surface area (Å²) in [6.45, 7) is 5.47. The van der Waals surface area contributed by atoms with Crippen molar-refractivity contribution in [1.82, 2.24) is 4.98 Å². The van der Waals surface area contributed by atoms with E-state index in [0.717, 1.165) is 22.3 Å². The number of rotatable bonds is 5. The maximum Gasteiger partial charge on any atom is 0.303 e. The number of carbonyl (C=O) groups excluding carboxylic acids is 1. The van der Waals surface area contributed by atoms with Gasteiger partial charge in [0.05, 0.1) is 24.5 Å². The van der Waals surface area contributed by atoms with E-state index in [-0.39, 0.29) is 5.97 Å². The van der Waals surface area contributed by atoms with Crippen LogP contribution in [0.15, 0.2) is 28.4 Å². The van der Waals surface area contributed by atoms with Crippen molar-refractivity contribution < 1.29 is 23.4 Å². The largest absolute Gasteiger partial charge is 0.496 e. The van der Waals surface area contributed by atoms with Crippen LogP contribution >= 0.6 is 0 Å². The second-order valence-corrected chi connectivity index (χ2v) is 6.83. The van der Waals surface area contributed by atoms with Gasteiger partial charge in [0, 0.05) is 26.0 Å². The third kappa shape index (κ3) is 2.98. The van der Waals surface area contributed by atoms with Crippen molar-refractivity contribution in [3.63, 3.8) is 0 Å². The number of hydrogen-bond donors (Lipinski definition) is 0. The van der Waals surface area contributed by atoms with Crippen LogP contribution in [0, 0.1) is 0 Å². The first-order chi connectivity index (χ1) is 12.4. The molecule has 0 bridgehead atoms. The number of ether oxygens (including phenoxy) is 3. The van der Waals surface area contributed by atoms with Crippen LogP contribution in [0.5, 0.6) is 5.75 Å². The lowest BCUT2D eigenvalue weighted by atomic mass is 9.77. The maximum atomic E-state index is 11.7. The number of hydrogen-bond acceptors (Lipinski definition) is 6. The number of furan rings is 1. The third-order valence-electron chi connectivity index (χ3n) is 4.93. The smallest absolute Gasteiger partial charge is 0.303 e. The van der Waals surface area contributed by atoms with Crippen molar-refractivity contribution in [3.8, 4) is 5.75 Å². The SMILES string of the molecule is COc1c2c(nc3occc13)[C@@](CC=C(C)C)(OC)[C@@H](OC(C)=O)CC2. The normalized spacial score (nSPS) is 22.0. The maximum absolute atomic E-state index is 11.7. The summed E-state index contributed by atoms with van der Waals surface area (Å²) >= 11 is 0. The first-order valence-electron chi connectivity index (χ1n) is 8.73. The van der Waals surface area contributed by atoms with Crippen LogP contribution in [0.3, 0.4) is 0 Å². The zero-order chi connectivity index (χ0) is 18.9. The summed E-state index contributed by atoms with van der Waals surface area (Å²) in [6.07, 6.45) is 5.11. The average Bonchev–Trinajstić information content (AvgIpc) is 3.06. The predicted molar refractivity (Wildman–Crippen MR) is 97.2 cm³/mol. The van der Waals surface area contributed by atoms with E-state index in [1.807, 2.05) is 19.9 Å². The van der Waals surface area contributed by atoms with Gasteiger partial charge >= 0.3 is 5.97 Å². The molecular formula is C20H25NO5. The fraction of sp³-hybridized carbons (Fsp3) is 0.500. The van der Waals surface area contributed by atoms with Crippen LogP contribution in [-0.4, -0.2) is 31.3 Å². The van der Waals surface area contributed by atoms with Gasteiger partial charge in [0.1, 0.15) is 11.9 Å². The Labute approximate surface area is 153 Å². The Kier molecular flexibility index (Phi) is 5.05. The highest BCUT2D eigenvalue weighted by Gasteiger charge is 2.49. The zero-order valence-electron chi connectivity index (χ0n) is 15.9. The number of methoxy groups -OCH3 is 2. The summed E-state index contributed by atoms with van der Waals surface area (Å²) in [6, 6.07) is 1.85. The van der Waals surface area contributed by atoms with Crippen molar-refractivity contribution in [2.45, 2.75) is 51.7 Å². The second kappa shape index (κ2) is 7.11. The number of pyridine rings is 1. The van der Waals surface area contributed by atoms with Gasteiger partial charge in [-0.05, 0) is 32.8 Å². The molecule has 0 spiro atoms. The number of fused-ring (bicyclic) bond motifs is 2. The van der Waals surface area contributed by atoms with Crippen molar-refractivity contribution >= 4 is 17.1 Å². The molecule has 0 amide bonds. The molecule has 0 radical (unpaired) electrons. The molecule has 26 heavy (non-hydrogen) atoms. The molecule has 6 heteroatoms. The van der Waals surface area contributed by atoms with Crippen molar-refractivity contribution in [3.05, 3.63) is 35.2 Å². The summed E-state index contributed by atoms with van der Waals surface area (Å²) in [5.41, 5.74) is 2.46. The van der Waals surface area contributed by atoms with Gasteiger partial charge in [-0.3, -0.25) is 4.79 Å². The fourth-order valence-electron chi connectivity index (χ4n) is 3.73. The van der Waals surface area contributed by atoms with Gasteiger partial charge in [-0.15, -0.1) is 0 Å². The van der Waals surface area contributed by atoms with Crippen LogP contribution in [0.25, 0.3) is 11.1 Å². The molecule has 0 saturated carbocycles. The van der Waals surface area contributed by atoms with Crippen LogP contribution in [0.1, 0.15) is 44.9 Å². The molecule has 0 saturated heterocycles. The third-order valence-corrected chi connectivity index (χ3v) is 4.93. The Bertz CT molecular complexity index is 849. The van der Waals surface area contributed by atoms with E-state index in [1.54, 1.807) is 20.5 Å². The summed E-state index contributed by atoms with van der Waals surface area (Å²) in [5.74, 6) is 0.418. The Morgan fingerprint density at radius 1 is 1.38 bits per heavy atom. The van der Waals surface area contributed by atoms with Gasteiger partial charge in [-0.1, -0.05) is 11.6 Å². The molecule has 2 aromatic heterocycles. The quantitative estimate of drug-likeness (QED) is 0.595. The summed E-state index contributed by atoms with van der Waals surface area (Å²) in [4.78, 5) is 16.5. The van der Waals surface area contributed by atoms with E-state index < -0.39 is 11.7 Å². The first kappa shape index (κ1) is 18.5. The summed E-state index contributed by atoms with van der Waals surface area (Å²) < 4.78 is 22.9. The van der Waals surface area contributed by atoms with Gasteiger partial charge < -0.3 is 18.6 Å². The lowest BCUT2D eigenvalue weighted by Gasteiger charge is -2.42. The van der Waals surface area contributed by atoms with E-state index in [0.29, 0.717) is 30.7 Å². The Morgan fingerprint density at radius 3 is 2.77 bits per heavy atom. The molecule has 0 unspecified atom stereocenters. The molecule has 2 heterocycles. The highest BCUT2D eigenvalue weighted by Crippen LogP contribution is 2.46. The molecule has 6 nitrogen and oxygen atoms in total. The number of esters is 1. The lowest BCUT2D eigenvalue weighted by molar-refractivity contribution is -0.173. The molecule has 1 aliphatic rings. The predicted octanol–water partition coefficient (Wildman–Crippen LogP) is 3.91. The highest BCUT2D eigenvalue weighted by atomic mass is 16.6. The van der Waals surface area contributed by atoms with E-state index in [2.05, 4.69) is 6.08 Å². The van der Waals surface area contributed by atoms with Crippen molar-refractivity contribution in [2.75, 3.05) is 14.2 Å². The van der Waals surface area contributed by atoms with Gasteiger partial charge in [-0.2, -0.15) is 0 Å². The Hall–Kier alpha value is -2.34. The second-order valence-electron chi connectivity index (χ2n) is 6.83. The van der Waals surface area contributed by atoms with Gasteiger partial charge in [0.2, 0.25) is 5.71 Å². The zero-order valence-corrected chi connectivity index (χ0v) is 15.9. The van der Waals surface area contributed by atoms with Crippen LogP contribution in [0.4, 0.5) is 0 Å². The monoisotopic (exact) mass is 359 g/mol. The molecule has 3 rings (SSSR count). The molecule has 2 aromatic rings. The van der Waals surface area contributed by atoms with E-state index in [4.69, 9.17) is 23.6 Å². The molecule has 2 atom stereocenters. The molecule has 140 valence electrons. The minimum absolute atomic E-state index is 0.330. The standard InChI is InChI=1S/C20H25NO5/c1-12(2)8-10-20(24-5)16(26-13(3)22)7-6-14-17(23-4)15-9-11-25-19(15)21-18(14)20/h8-9,11,16H,6-7,10H2,1-5H3/t16-,20-/m0/s1. The lowest BCUT2D eigenvalue weighted by Crippen LogP contribution is -2.48. The number of nitrogens with zero attached hydrogens (tertiary/aromatic N) is 1. The molecule has 0 fully saturated rings. The Balaban J connectivity index is 2.25. The minimum atomic E-state index is -0.884. The van der Waals surface area contributed by atoms with Crippen LogP contribution in [0.2, 0.25) is 0 Å². The van der Waals surface area contributed by atoms with Gasteiger partial charge in [0.25, 0.3) is 0 Å². The number of carbonyl (C=O) groups is 1. The molecule has 0 aliphatic heterocycles. The van der Waals surface area contributed by atoms with Crippen LogP contribution < -0.4 is 4.74 Å². The Morgan fingerprint density at radius 2 is 2.15 bits per heavy atom. The van der Waals surface area contributed by atoms with Gasteiger partial charge in [0.15, 0.2) is 5.60 Å². The topological polar surface area (TPSA) is 70.8 Å². The van der Waals surface area contributed by atoms with Gasteiger partial charge in [-0.25, -0.2) is 4.98 Å². The minimum Gasteiger partial charge on any atom is -0.496 e. The van der Waals surface area contributed by atoms with Crippen molar-refractivity contribution in [2.24, 2.45) is 0 Å².